The molecule has 0 spiro atoms. The number of nitrogens with one attached hydrogen (secondary N) is 2. The molecule has 1 heterocycles. The van der Waals surface area contributed by atoms with Gasteiger partial charge in [0.2, 0.25) is 0 Å². The highest BCUT2D eigenvalue weighted by atomic mass is 16.2. The highest BCUT2D eigenvalue weighted by Gasteiger charge is 2.38. The molecule has 21 heavy (non-hydrogen) atoms. The van der Waals surface area contributed by atoms with E-state index in [1.165, 1.54) is 12.8 Å². The second-order valence-electron chi connectivity index (χ2n) is 8.76. The zero-order valence-corrected chi connectivity index (χ0v) is 14.4. The van der Waals surface area contributed by atoms with Gasteiger partial charge in [-0.25, -0.2) is 4.99 Å². The fourth-order valence-electron chi connectivity index (χ4n) is 3.46. The monoisotopic (exact) mass is 293 g/mol. The Morgan fingerprint density at radius 3 is 2.10 bits per heavy atom. The predicted molar refractivity (Wildman–Crippen MR) is 87.2 cm³/mol. The van der Waals surface area contributed by atoms with Crippen LogP contribution < -0.4 is 10.6 Å². The summed E-state index contributed by atoms with van der Waals surface area (Å²) in [5.74, 6) is 1.90. The number of aliphatic imine (C=N–C) groups is 1. The van der Waals surface area contributed by atoms with Crippen molar-refractivity contribution in [3.8, 4) is 0 Å². The van der Waals surface area contributed by atoms with Crippen LogP contribution in [-0.2, 0) is 4.79 Å². The number of hydrogen-bond acceptors (Lipinski definition) is 3. The maximum Gasteiger partial charge on any atom is 0.251 e. The summed E-state index contributed by atoms with van der Waals surface area (Å²) in [7, 11) is 0. The van der Waals surface area contributed by atoms with Crippen LogP contribution >= 0.6 is 0 Å². The number of amides is 1. The van der Waals surface area contributed by atoms with Crippen molar-refractivity contribution in [1.82, 2.24) is 10.6 Å². The van der Waals surface area contributed by atoms with E-state index in [9.17, 15) is 4.79 Å². The Balaban J connectivity index is 1.96. The first-order chi connectivity index (χ1) is 9.56. The molecular formula is C17H31N3O. The van der Waals surface area contributed by atoms with Crippen LogP contribution in [0.2, 0.25) is 0 Å². The van der Waals surface area contributed by atoms with Crippen molar-refractivity contribution in [2.24, 2.45) is 22.2 Å². The molecule has 0 aromatic carbocycles. The zero-order valence-electron chi connectivity index (χ0n) is 14.4. The lowest BCUT2D eigenvalue weighted by atomic mass is 9.68. The van der Waals surface area contributed by atoms with E-state index in [1.807, 2.05) is 0 Å². The third-order valence-corrected chi connectivity index (χ3v) is 4.71. The van der Waals surface area contributed by atoms with E-state index in [2.05, 4.69) is 57.2 Å². The molecule has 1 aliphatic carbocycles. The Morgan fingerprint density at radius 2 is 1.62 bits per heavy atom. The van der Waals surface area contributed by atoms with Crippen molar-refractivity contribution in [2.75, 3.05) is 0 Å². The van der Waals surface area contributed by atoms with Crippen molar-refractivity contribution in [2.45, 2.75) is 78.8 Å². The van der Waals surface area contributed by atoms with E-state index >= 15 is 0 Å². The lowest BCUT2D eigenvalue weighted by Gasteiger charge is -2.37. The molecule has 1 unspecified atom stereocenters. The van der Waals surface area contributed by atoms with Crippen LogP contribution in [0.5, 0.6) is 0 Å². The summed E-state index contributed by atoms with van der Waals surface area (Å²) in [6, 6.07) is -0.184. The van der Waals surface area contributed by atoms with Gasteiger partial charge in [0.25, 0.3) is 5.91 Å². The Bertz CT molecular complexity index is 420. The molecule has 2 aliphatic rings. The standard InChI is InChI=1S/C17H31N3O/c1-16(2,3)12-9-7-11(8-10-12)13-14(21)19-15(18-13)20-17(4,5)6/h11-13H,7-10H2,1-6H3,(H2,18,19,20,21). The fraction of sp³-hybridized carbons (Fsp3) is 0.882. The molecule has 0 radical (unpaired) electrons. The summed E-state index contributed by atoms with van der Waals surface area (Å²) in [6.45, 7) is 13.2. The minimum absolute atomic E-state index is 0.0703. The number of carbonyl (C=O) groups excluding carboxylic acids is 1. The lowest BCUT2D eigenvalue weighted by Crippen LogP contribution is -2.47. The molecule has 2 rings (SSSR count). The van der Waals surface area contributed by atoms with E-state index in [4.69, 9.17) is 0 Å². The molecule has 1 aliphatic heterocycles. The summed E-state index contributed by atoms with van der Waals surface area (Å²) in [6.07, 6.45) is 4.67. The first-order valence-electron chi connectivity index (χ1n) is 8.23. The number of rotatable bonds is 1. The Kier molecular flexibility index (Phi) is 4.36. The van der Waals surface area contributed by atoms with Crippen molar-refractivity contribution in [3.63, 3.8) is 0 Å². The fourth-order valence-corrected chi connectivity index (χ4v) is 3.46. The summed E-state index contributed by atoms with van der Waals surface area (Å²) in [4.78, 5) is 16.8. The number of carbonyl (C=O) groups is 1. The van der Waals surface area contributed by atoms with E-state index in [0.717, 1.165) is 18.8 Å². The largest absolute Gasteiger partial charge is 0.351 e. The van der Waals surface area contributed by atoms with Gasteiger partial charge in [0.1, 0.15) is 6.04 Å². The lowest BCUT2D eigenvalue weighted by molar-refractivity contribution is -0.121. The van der Waals surface area contributed by atoms with Gasteiger partial charge in [-0.1, -0.05) is 20.8 Å². The molecular weight excluding hydrogens is 262 g/mol. The third kappa shape index (κ3) is 4.21. The van der Waals surface area contributed by atoms with Crippen LogP contribution in [0, 0.1) is 17.3 Å². The van der Waals surface area contributed by atoms with E-state index < -0.39 is 0 Å². The molecule has 1 amide bonds. The molecule has 0 aromatic rings. The molecule has 1 saturated carbocycles. The topological polar surface area (TPSA) is 53.5 Å². The molecule has 2 N–H and O–H groups in total. The van der Waals surface area contributed by atoms with Gasteiger partial charge in [0.15, 0.2) is 5.96 Å². The van der Waals surface area contributed by atoms with Gasteiger partial charge >= 0.3 is 0 Å². The number of hydrogen-bond donors (Lipinski definition) is 2. The molecule has 0 aromatic heterocycles. The van der Waals surface area contributed by atoms with Crippen LogP contribution in [0.4, 0.5) is 0 Å². The summed E-state index contributed by atoms with van der Waals surface area (Å²) in [5, 5.41) is 6.17. The highest BCUT2D eigenvalue weighted by molar-refractivity contribution is 6.05. The van der Waals surface area contributed by atoms with Gasteiger partial charge in [-0.05, 0) is 63.7 Å². The summed E-state index contributed by atoms with van der Waals surface area (Å²) < 4.78 is 0. The Labute approximate surface area is 129 Å². The van der Waals surface area contributed by atoms with Gasteiger partial charge in [0, 0.05) is 5.54 Å². The maximum atomic E-state index is 12.2. The van der Waals surface area contributed by atoms with Gasteiger partial charge in [0.05, 0.1) is 0 Å². The van der Waals surface area contributed by atoms with Crippen LogP contribution in [-0.4, -0.2) is 23.4 Å². The van der Waals surface area contributed by atoms with Crippen LogP contribution in [0.15, 0.2) is 4.99 Å². The van der Waals surface area contributed by atoms with Crippen LogP contribution in [0.1, 0.15) is 67.2 Å². The van der Waals surface area contributed by atoms with Gasteiger partial charge < -0.3 is 5.32 Å². The molecule has 0 bridgehead atoms. The Morgan fingerprint density at radius 1 is 1.05 bits per heavy atom. The summed E-state index contributed by atoms with van der Waals surface area (Å²) in [5.41, 5.74) is 0.302. The van der Waals surface area contributed by atoms with Crippen molar-refractivity contribution in [3.05, 3.63) is 0 Å². The molecule has 1 atom stereocenters. The maximum absolute atomic E-state index is 12.2. The number of guanidine groups is 1. The molecule has 0 saturated heterocycles. The average molecular weight is 293 g/mol. The quantitative estimate of drug-likeness (QED) is 0.780. The Hall–Kier alpha value is -1.06. The third-order valence-electron chi connectivity index (χ3n) is 4.71. The van der Waals surface area contributed by atoms with Gasteiger partial charge in [-0.15, -0.1) is 0 Å². The van der Waals surface area contributed by atoms with E-state index in [-0.39, 0.29) is 17.5 Å². The SMILES string of the molecule is CC(C)(C)NC1=NC(C2CCC(C(C)(C)C)CC2)C(=O)N1. The van der Waals surface area contributed by atoms with Crippen molar-refractivity contribution < 1.29 is 4.79 Å². The minimum Gasteiger partial charge on any atom is -0.351 e. The molecule has 4 heteroatoms. The molecule has 1 fully saturated rings. The predicted octanol–water partition coefficient (Wildman–Crippen LogP) is 3.08. The zero-order chi connectivity index (χ0) is 15.8. The first kappa shape index (κ1) is 16.3. The van der Waals surface area contributed by atoms with E-state index in [0.29, 0.717) is 17.3 Å². The van der Waals surface area contributed by atoms with Crippen molar-refractivity contribution in [1.29, 1.82) is 0 Å². The van der Waals surface area contributed by atoms with Crippen LogP contribution in [0.25, 0.3) is 0 Å². The first-order valence-corrected chi connectivity index (χ1v) is 8.23. The summed E-state index contributed by atoms with van der Waals surface area (Å²) >= 11 is 0. The van der Waals surface area contributed by atoms with Gasteiger partial charge in [-0.3, -0.25) is 10.1 Å². The minimum atomic E-state index is -0.184. The van der Waals surface area contributed by atoms with Crippen molar-refractivity contribution >= 4 is 11.9 Å². The van der Waals surface area contributed by atoms with Crippen LogP contribution in [0.3, 0.4) is 0 Å². The smallest absolute Gasteiger partial charge is 0.251 e. The normalized spacial score (nSPS) is 30.9. The van der Waals surface area contributed by atoms with E-state index in [1.54, 1.807) is 0 Å². The molecule has 120 valence electrons. The average Bonchev–Trinajstić information content (AvgIpc) is 2.66. The van der Waals surface area contributed by atoms with Gasteiger partial charge in [-0.2, -0.15) is 0 Å². The second-order valence-corrected chi connectivity index (χ2v) is 8.76. The second kappa shape index (κ2) is 5.62. The number of nitrogens with zero attached hydrogens (tertiary/aromatic N) is 1. The molecule has 4 nitrogen and oxygen atoms in total. The highest BCUT2D eigenvalue weighted by Crippen LogP contribution is 2.41.